The van der Waals surface area contributed by atoms with Gasteiger partial charge in [-0.2, -0.15) is 0 Å². The Balaban J connectivity index is 1.53. The van der Waals surface area contributed by atoms with Crippen LogP contribution in [-0.2, 0) is 11.2 Å². The predicted octanol–water partition coefficient (Wildman–Crippen LogP) is 3.99. The van der Waals surface area contributed by atoms with Gasteiger partial charge in [-0.3, -0.25) is 9.59 Å². The van der Waals surface area contributed by atoms with E-state index in [1.54, 1.807) is 0 Å². The van der Waals surface area contributed by atoms with E-state index >= 15 is 0 Å². The molecule has 4 atom stereocenters. The normalized spacial score (nSPS) is 25.4. The maximum atomic E-state index is 13.7. The molecule has 0 saturated carbocycles. The number of amides is 2. The molecule has 0 aliphatic carbocycles. The van der Waals surface area contributed by atoms with Gasteiger partial charge in [0.1, 0.15) is 0 Å². The summed E-state index contributed by atoms with van der Waals surface area (Å²) in [5, 5.41) is 6.83. The first-order valence-corrected chi connectivity index (χ1v) is 12.0. The molecule has 0 radical (unpaired) electrons. The smallest absolute Gasteiger partial charge is 0.252 e. The Morgan fingerprint density at radius 3 is 2.78 bits per heavy atom. The summed E-state index contributed by atoms with van der Waals surface area (Å²) in [7, 11) is 0. The van der Waals surface area contributed by atoms with Crippen molar-refractivity contribution in [3.63, 3.8) is 0 Å². The lowest BCUT2D eigenvalue weighted by Gasteiger charge is -2.49. The van der Waals surface area contributed by atoms with Crippen molar-refractivity contribution in [3.05, 3.63) is 69.8 Å². The van der Waals surface area contributed by atoms with Crippen molar-refractivity contribution in [1.82, 2.24) is 15.5 Å². The Kier molecular flexibility index (Phi) is 5.54. The number of rotatable bonds is 3. The van der Waals surface area contributed by atoms with Crippen LogP contribution in [-0.4, -0.2) is 35.8 Å². The van der Waals surface area contributed by atoms with Gasteiger partial charge in [0, 0.05) is 18.2 Å². The number of aryl methyl sites for hydroxylation is 1. The molecule has 3 aliphatic rings. The topological polar surface area (TPSA) is 61.4 Å². The van der Waals surface area contributed by atoms with Crippen LogP contribution in [0.15, 0.2) is 36.4 Å². The van der Waals surface area contributed by atoms with Crippen LogP contribution in [0.5, 0.6) is 0 Å². The molecular formula is C27H33N3O2. The Morgan fingerprint density at radius 2 is 2.00 bits per heavy atom. The fourth-order valence-electron chi connectivity index (χ4n) is 5.99. The van der Waals surface area contributed by atoms with Crippen molar-refractivity contribution in [2.45, 2.75) is 64.6 Å². The average Bonchev–Trinajstić information content (AvgIpc) is 2.80. The van der Waals surface area contributed by atoms with Crippen LogP contribution in [0.2, 0.25) is 0 Å². The minimum absolute atomic E-state index is 0.0230. The molecule has 5 nitrogen and oxygen atoms in total. The number of nitrogens with one attached hydrogen (secondary N) is 2. The molecule has 5 rings (SSSR count). The fourth-order valence-corrected chi connectivity index (χ4v) is 5.99. The second-order valence-corrected chi connectivity index (χ2v) is 9.71. The number of carbonyl (C=O) groups is 2. The molecule has 2 saturated heterocycles. The zero-order valence-corrected chi connectivity index (χ0v) is 19.3. The van der Waals surface area contributed by atoms with Crippen molar-refractivity contribution in [2.24, 2.45) is 5.92 Å². The lowest BCUT2D eigenvalue weighted by atomic mass is 9.74. The fraction of sp³-hybridized carbons (Fsp3) is 0.481. The van der Waals surface area contributed by atoms with Crippen molar-refractivity contribution >= 4 is 11.8 Å². The van der Waals surface area contributed by atoms with Crippen LogP contribution in [0.25, 0.3) is 0 Å². The molecule has 2 N–H and O–H groups in total. The average molecular weight is 432 g/mol. The number of carbonyl (C=O) groups excluding carboxylic acids is 2. The second-order valence-electron chi connectivity index (χ2n) is 9.71. The first-order chi connectivity index (χ1) is 15.5. The maximum absolute atomic E-state index is 13.7. The number of nitrogens with zero attached hydrogens (tertiary/aromatic N) is 1. The molecule has 2 aromatic rings. The van der Waals surface area contributed by atoms with Crippen LogP contribution in [0.4, 0.5) is 0 Å². The molecule has 2 fully saturated rings. The largest absolute Gasteiger partial charge is 0.346 e. The Hall–Kier alpha value is -2.66. The minimum atomic E-state index is -0.0867. The zero-order chi connectivity index (χ0) is 22.4. The van der Waals surface area contributed by atoms with Gasteiger partial charge >= 0.3 is 0 Å². The summed E-state index contributed by atoms with van der Waals surface area (Å²) in [5.41, 5.74) is 6.34. The summed E-state index contributed by atoms with van der Waals surface area (Å²) >= 11 is 0. The van der Waals surface area contributed by atoms with Gasteiger partial charge in [0.2, 0.25) is 5.91 Å². The Bertz CT molecular complexity index is 1050. The third-order valence-electron chi connectivity index (χ3n) is 7.84. The molecule has 0 bridgehead atoms. The number of piperidine rings is 2. The summed E-state index contributed by atoms with van der Waals surface area (Å²) in [4.78, 5) is 29.1. The van der Waals surface area contributed by atoms with Gasteiger partial charge in [-0.1, -0.05) is 36.4 Å². The summed E-state index contributed by atoms with van der Waals surface area (Å²) in [6.45, 7) is 7.89. The Morgan fingerprint density at radius 1 is 1.22 bits per heavy atom. The van der Waals surface area contributed by atoms with E-state index in [4.69, 9.17) is 0 Å². The second kappa shape index (κ2) is 8.36. The molecule has 0 unspecified atom stereocenters. The molecule has 3 heterocycles. The Labute approximate surface area is 190 Å². The SMILES string of the molecule is Cc1cc2c(c(C(=O)N[C@H](C)c3ccccc3)c1C)[C@H]1C[C@H]3NCCC[C@H]3C(=O)N1CC2. The lowest BCUT2D eigenvalue weighted by molar-refractivity contribution is -0.145. The summed E-state index contributed by atoms with van der Waals surface area (Å²) < 4.78 is 0. The van der Waals surface area contributed by atoms with Gasteiger partial charge in [0.15, 0.2) is 0 Å². The monoisotopic (exact) mass is 431 g/mol. The van der Waals surface area contributed by atoms with Gasteiger partial charge < -0.3 is 15.5 Å². The minimum Gasteiger partial charge on any atom is -0.346 e. The highest BCUT2D eigenvalue weighted by atomic mass is 16.2. The maximum Gasteiger partial charge on any atom is 0.252 e. The number of hydrogen-bond donors (Lipinski definition) is 2. The lowest BCUT2D eigenvalue weighted by Crippen LogP contribution is -2.58. The molecule has 32 heavy (non-hydrogen) atoms. The molecule has 0 spiro atoms. The van der Waals surface area contributed by atoms with E-state index in [1.165, 1.54) is 5.56 Å². The predicted molar refractivity (Wildman–Crippen MR) is 126 cm³/mol. The van der Waals surface area contributed by atoms with E-state index in [2.05, 4.69) is 28.5 Å². The van der Waals surface area contributed by atoms with Crippen molar-refractivity contribution in [2.75, 3.05) is 13.1 Å². The molecule has 5 heteroatoms. The van der Waals surface area contributed by atoms with Crippen LogP contribution in [0, 0.1) is 19.8 Å². The van der Waals surface area contributed by atoms with Gasteiger partial charge in [-0.05, 0) is 80.8 Å². The van der Waals surface area contributed by atoms with E-state index in [0.717, 1.165) is 66.6 Å². The highest BCUT2D eigenvalue weighted by molar-refractivity contribution is 5.98. The number of benzene rings is 2. The van der Waals surface area contributed by atoms with E-state index in [0.29, 0.717) is 0 Å². The summed E-state index contributed by atoms with van der Waals surface area (Å²) in [6.07, 6.45) is 3.74. The van der Waals surface area contributed by atoms with E-state index in [1.807, 2.05) is 44.2 Å². The van der Waals surface area contributed by atoms with Crippen molar-refractivity contribution in [3.8, 4) is 0 Å². The summed E-state index contributed by atoms with van der Waals surface area (Å²) in [5.74, 6) is 0.321. The third-order valence-corrected chi connectivity index (χ3v) is 7.84. The van der Waals surface area contributed by atoms with Gasteiger partial charge in [-0.15, -0.1) is 0 Å². The van der Waals surface area contributed by atoms with E-state index < -0.39 is 0 Å². The number of hydrogen-bond acceptors (Lipinski definition) is 3. The molecular weight excluding hydrogens is 398 g/mol. The van der Waals surface area contributed by atoms with Crippen molar-refractivity contribution < 1.29 is 9.59 Å². The van der Waals surface area contributed by atoms with Crippen LogP contribution in [0.3, 0.4) is 0 Å². The van der Waals surface area contributed by atoms with E-state index in [9.17, 15) is 9.59 Å². The quantitative estimate of drug-likeness (QED) is 0.772. The highest BCUT2D eigenvalue weighted by Crippen LogP contribution is 2.44. The summed E-state index contributed by atoms with van der Waals surface area (Å²) in [6, 6.07) is 12.4. The first kappa shape index (κ1) is 21.2. The van der Waals surface area contributed by atoms with Crippen LogP contribution >= 0.6 is 0 Å². The van der Waals surface area contributed by atoms with E-state index in [-0.39, 0.29) is 35.9 Å². The van der Waals surface area contributed by atoms with Gasteiger partial charge in [0.25, 0.3) is 5.91 Å². The highest BCUT2D eigenvalue weighted by Gasteiger charge is 2.46. The van der Waals surface area contributed by atoms with Gasteiger partial charge in [0.05, 0.1) is 18.0 Å². The first-order valence-electron chi connectivity index (χ1n) is 12.0. The third kappa shape index (κ3) is 3.53. The molecule has 168 valence electrons. The standard InChI is InChI=1S/C27H33N3O2/c1-16-14-20-11-13-30-23(15-22-21(27(30)32)10-7-12-28-22)25(20)24(17(16)2)26(31)29-18(3)19-8-5-4-6-9-19/h4-6,8-9,14,18,21-23,28H,7,10-13,15H2,1-3H3,(H,29,31)/t18-,21-,22-,23-/m1/s1. The molecule has 0 aromatic heterocycles. The molecule has 3 aliphatic heterocycles. The molecule has 2 amide bonds. The van der Waals surface area contributed by atoms with Gasteiger partial charge in [-0.25, -0.2) is 0 Å². The van der Waals surface area contributed by atoms with Crippen LogP contribution in [0.1, 0.15) is 76.4 Å². The van der Waals surface area contributed by atoms with Crippen molar-refractivity contribution in [1.29, 1.82) is 0 Å². The van der Waals surface area contributed by atoms with Crippen LogP contribution < -0.4 is 10.6 Å². The number of fused-ring (bicyclic) bond motifs is 4. The molecule has 2 aromatic carbocycles. The zero-order valence-electron chi connectivity index (χ0n) is 19.3.